The normalized spacial score (nSPS) is 18.5. The summed E-state index contributed by atoms with van der Waals surface area (Å²) >= 11 is 0. The molecule has 1 unspecified atom stereocenters. The number of methoxy groups -OCH3 is 1. The molecule has 2 aliphatic heterocycles. The van der Waals surface area contributed by atoms with Gasteiger partial charge in [-0.1, -0.05) is 36.4 Å². The van der Waals surface area contributed by atoms with Crippen LogP contribution < -0.4 is 4.74 Å². The SMILES string of the molecule is COC(=O)c1ccc(Oc2ccc(CN3CCC(N4C(=O)OCC4c4ccccc4)CC3)c(C)n2)cc1. The number of likely N-dealkylation sites (tertiary alicyclic amines) is 1. The van der Waals surface area contributed by atoms with E-state index in [1.54, 1.807) is 24.3 Å². The zero-order valence-corrected chi connectivity index (χ0v) is 21.1. The van der Waals surface area contributed by atoms with E-state index in [9.17, 15) is 9.59 Å². The van der Waals surface area contributed by atoms with Crippen LogP contribution in [0.25, 0.3) is 0 Å². The second-order valence-corrected chi connectivity index (χ2v) is 9.43. The van der Waals surface area contributed by atoms with Crippen molar-refractivity contribution >= 4 is 12.1 Å². The number of piperidine rings is 1. The van der Waals surface area contributed by atoms with Crippen molar-refractivity contribution in [3.05, 3.63) is 89.1 Å². The van der Waals surface area contributed by atoms with Crippen LogP contribution >= 0.6 is 0 Å². The molecule has 0 saturated carbocycles. The topological polar surface area (TPSA) is 81.2 Å². The summed E-state index contributed by atoms with van der Waals surface area (Å²) in [6.45, 7) is 5.00. The lowest BCUT2D eigenvalue weighted by Gasteiger charge is -2.38. The minimum atomic E-state index is -0.384. The minimum Gasteiger partial charge on any atom is -0.465 e. The predicted molar refractivity (Wildman–Crippen MR) is 137 cm³/mol. The maximum absolute atomic E-state index is 12.5. The van der Waals surface area contributed by atoms with Crippen LogP contribution in [0.3, 0.4) is 0 Å². The van der Waals surface area contributed by atoms with E-state index >= 15 is 0 Å². The summed E-state index contributed by atoms with van der Waals surface area (Å²) < 4.78 is 16.0. The van der Waals surface area contributed by atoms with Crippen LogP contribution in [0.1, 0.15) is 46.1 Å². The Morgan fingerprint density at radius 1 is 1.03 bits per heavy atom. The lowest BCUT2D eigenvalue weighted by molar-refractivity contribution is 0.0600. The fourth-order valence-corrected chi connectivity index (χ4v) is 5.05. The van der Waals surface area contributed by atoms with Crippen molar-refractivity contribution in [2.24, 2.45) is 0 Å². The van der Waals surface area contributed by atoms with Crippen molar-refractivity contribution in [2.75, 3.05) is 26.8 Å². The highest BCUT2D eigenvalue weighted by Crippen LogP contribution is 2.33. The Balaban J connectivity index is 1.17. The zero-order chi connectivity index (χ0) is 25.8. The first kappa shape index (κ1) is 24.8. The lowest BCUT2D eigenvalue weighted by atomic mass is 9.98. The van der Waals surface area contributed by atoms with Crippen LogP contribution in [0.4, 0.5) is 4.79 Å². The average molecular weight is 502 g/mol. The minimum absolute atomic E-state index is 0.0130. The largest absolute Gasteiger partial charge is 0.465 e. The Hall–Kier alpha value is -3.91. The quantitative estimate of drug-likeness (QED) is 0.415. The number of rotatable bonds is 7. The first-order valence-electron chi connectivity index (χ1n) is 12.6. The molecule has 8 heteroatoms. The first-order valence-corrected chi connectivity index (χ1v) is 12.6. The number of aryl methyl sites for hydroxylation is 1. The van der Waals surface area contributed by atoms with E-state index in [2.05, 4.69) is 28.1 Å². The molecule has 5 rings (SSSR count). The van der Waals surface area contributed by atoms with Gasteiger partial charge in [-0.15, -0.1) is 0 Å². The van der Waals surface area contributed by atoms with Gasteiger partial charge in [-0.25, -0.2) is 14.6 Å². The number of nitrogens with zero attached hydrogens (tertiary/aromatic N) is 3. The molecular formula is C29H31N3O5. The van der Waals surface area contributed by atoms with Crippen molar-refractivity contribution in [3.63, 3.8) is 0 Å². The van der Waals surface area contributed by atoms with E-state index < -0.39 is 0 Å². The summed E-state index contributed by atoms with van der Waals surface area (Å²) in [7, 11) is 1.36. The number of hydrogen-bond donors (Lipinski definition) is 0. The highest BCUT2D eigenvalue weighted by molar-refractivity contribution is 5.89. The smallest absolute Gasteiger partial charge is 0.410 e. The predicted octanol–water partition coefficient (Wildman–Crippen LogP) is 5.13. The van der Waals surface area contributed by atoms with Crippen molar-refractivity contribution in [3.8, 4) is 11.6 Å². The van der Waals surface area contributed by atoms with E-state index in [0.717, 1.165) is 49.3 Å². The molecule has 2 saturated heterocycles. The van der Waals surface area contributed by atoms with Crippen molar-refractivity contribution in [1.29, 1.82) is 0 Å². The Labute approximate surface area is 216 Å². The van der Waals surface area contributed by atoms with E-state index in [-0.39, 0.29) is 24.1 Å². The van der Waals surface area contributed by atoms with Gasteiger partial charge in [0.2, 0.25) is 5.88 Å². The van der Waals surface area contributed by atoms with Crippen molar-refractivity contribution in [1.82, 2.24) is 14.8 Å². The number of pyridine rings is 1. The summed E-state index contributed by atoms with van der Waals surface area (Å²) in [5.74, 6) is 0.721. The van der Waals surface area contributed by atoms with Gasteiger partial charge >= 0.3 is 12.1 Å². The molecule has 0 N–H and O–H groups in total. The Morgan fingerprint density at radius 2 is 1.76 bits per heavy atom. The molecule has 192 valence electrons. The highest BCUT2D eigenvalue weighted by atomic mass is 16.6. The van der Waals surface area contributed by atoms with Gasteiger partial charge in [0.15, 0.2) is 0 Å². The average Bonchev–Trinajstić information content (AvgIpc) is 3.32. The van der Waals surface area contributed by atoms with Gasteiger partial charge in [0.25, 0.3) is 0 Å². The maximum Gasteiger partial charge on any atom is 0.410 e. The second-order valence-electron chi connectivity index (χ2n) is 9.43. The van der Waals surface area contributed by atoms with Crippen LogP contribution in [0.5, 0.6) is 11.6 Å². The number of benzene rings is 2. The maximum atomic E-state index is 12.5. The molecule has 1 amide bonds. The first-order chi connectivity index (χ1) is 18.0. The summed E-state index contributed by atoms with van der Waals surface area (Å²) in [5, 5.41) is 0. The van der Waals surface area contributed by atoms with E-state index in [4.69, 9.17) is 14.2 Å². The Bertz CT molecular complexity index is 1240. The van der Waals surface area contributed by atoms with E-state index in [1.807, 2.05) is 36.1 Å². The zero-order valence-electron chi connectivity index (χ0n) is 21.1. The monoisotopic (exact) mass is 501 g/mol. The van der Waals surface area contributed by atoms with Gasteiger partial charge in [0.1, 0.15) is 12.4 Å². The molecule has 0 aliphatic carbocycles. The molecule has 0 bridgehead atoms. The lowest BCUT2D eigenvalue weighted by Crippen LogP contribution is -2.46. The number of cyclic esters (lactones) is 1. The molecule has 1 atom stereocenters. The summed E-state index contributed by atoms with van der Waals surface area (Å²) in [6.07, 6.45) is 1.62. The summed E-state index contributed by atoms with van der Waals surface area (Å²) in [6, 6.07) is 21.0. The molecule has 3 aromatic rings. The Kier molecular flexibility index (Phi) is 7.37. The molecule has 0 radical (unpaired) electrons. The number of carbonyl (C=O) groups excluding carboxylic acids is 2. The number of amides is 1. The third kappa shape index (κ3) is 5.59. The van der Waals surface area contributed by atoms with Crippen LogP contribution in [-0.4, -0.2) is 59.7 Å². The number of aromatic nitrogens is 1. The molecule has 2 fully saturated rings. The second kappa shape index (κ2) is 11.0. The van der Waals surface area contributed by atoms with Gasteiger partial charge < -0.3 is 14.2 Å². The number of hydrogen-bond acceptors (Lipinski definition) is 7. The van der Waals surface area contributed by atoms with Gasteiger partial charge in [-0.3, -0.25) is 9.80 Å². The molecule has 1 aromatic heterocycles. The molecule has 2 aromatic carbocycles. The van der Waals surface area contributed by atoms with Gasteiger partial charge in [0, 0.05) is 37.4 Å². The molecular weight excluding hydrogens is 470 g/mol. The molecule has 37 heavy (non-hydrogen) atoms. The highest BCUT2D eigenvalue weighted by Gasteiger charge is 2.40. The van der Waals surface area contributed by atoms with E-state index in [0.29, 0.717) is 23.8 Å². The Morgan fingerprint density at radius 3 is 2.43 bits per heavy atom. The summed E-state index contributed by atoms with van der Waals surface area (Å²) in [4.78, 5) is 33.1. The van der Waals surface area contributed by atoms with Crippen LogP contribution in [-0.2, 0) is 16.0 Å². The standard InChI is InChI=1S/C29H31N3O5/c1-20-23(10-13-27(30-20)37-25-11-8-22(9-12-25)28(33)35-2)18-31-16-14-24(15-17-31)32-26(19-36-29(32)34)21-6-4-3-5-7-21/h3-13,24,26H,14-19H2,1-2H3. The molecule has 2 aliphatic rings. The fraction of sp³-hybridized carbons (Fsp3) is 0.345. The number of esters is 1. The number of ether oxygens (including phenoxy) is 3. The van der Waals surface area contributed by atoms with Crippen LogP contribution in [0, 0.1) is 6.92 Å². The molecule has 0 spiro atoms. The summed E-state index contributed by atoms with van der Waals surface area (Å²) in [5.41, 5.74) is 3.65. The van der Waals surface area contributed by atoms with Crippen molar-refractivity contribution in [2.45, 2.75) is 38.4 Å². The van der Waals surface area contributed by atoms with E-state index in [1.165, 1.54) is 7.11 Å². The molecule has 8 nitrogen and oxygen atoms in total. The molecule has 3 heterocycles. The van der Waals surface area contributed by atoms with Gasteiger partial charge in [0.05, 0.1) is 18.7 Å². The van der Waals surface area contributed by atoms with Gasteiger partial charge in [-0.05, 0) is 55.2 Å². The fourth-order valence-electron chi connectivity index (χ4n) is 5.05. The van der Waals surface area contributed by atoms with Crippen LogP contribution in [0.15, 0.2) is 66.7 Å². The van der Waals surface area contributed by atoms with Crippen LogP contribution in [0.2, 0.25) is 0 Å². The number of carbonyl (C=O) groups is 2. The third-order valence-corrected chi connectivity index (χ3v) is 7.11. The van der Waals surface area contributed by atoms with Gasteiger partial charge in [-0.2, -0.15) is 0 Å². The third-order valence-electron chi connectivity index (χ3n) is 7.11. The van der Waals surface area contributed by atoms with Crippen molar-refractivity contribution < 1.29 is 23.8 Å².